The number of aliphatic hydroxyl groups is 1. The van der Waals surface area contributed by atoms with Gasteiger partial charge in [0.05, 0.1) is 18.8 Å². The first kappa shape index (κ1) is 22.8. The molecule has 2 fully saturated rings. The van der Waals surface area contributed by atoms with Crippen molar-refractivity contribution in [3.8, 4) is 17.6 Å². The number of phenols is 1. The summed E-state index contributed by atoms with van der Waals surface area (Å²) in [4.78, 5) is 11.3. The van der Waals surface area contributed by atoms with Gasteiger partial charge in [-0.15, -0.1) is 0 Å². The van der Waals surface area contributed by atoms with Crippen molar-refractivity contribution in [3.63, 3.8) is 0 Å². The molecule has 1 aromatic heterocycles. The van der Waals surface area contributed by atoms with Crippen molar-refractivity contribution in [1.82, 2.24) is 14.9 Å². The molecular formula is C25H35N3O4. The summed E-state index contributed by atoms with van der Waals surface area (Å²) in [6.07, 6.45) is 4.73. The zero-order valence-electron chi connectivity index (χ0n) is 19.6. The first-order chi connectivity index (χ1) is 15.4. The molecule has 7 heteroatoms. The Morgan fingerprint density at radius 2 is 1.69 bits per heavy atom. The van der Waals surface area contributed by atoms with E-state index in [4.69, 9.17) is 9.47 Å². The normalized spacial score (nSPS) is 25.5. The smallest absolute Gasteiger partial charge is 0.319 e. The number of likely N-dealkylation sites (tertiary alicyclic amines) is 1. The molecule has 32 heavy (non-hydrogen) atoms. The minimum atomic E-state index is -1.01. The van der Waals surface area contributed by atoms with Crippen LogP contribution in [0.25, 0.3) is 0 Å². The van der Waals surface area contributed by atoms with Gasteiger partial charge in [0, 0.05) is 37.7 Å². The highest BCUT2D eigenvalue weighted by Gasteiger charge is 2.53. The van der Waals surface area contributed by atoms with E-state index in [2.05, 4.69) is 27.0 Å². The van der Waals surface area contributed by atoms with Gasteiger partial charge in [-0.1, -0.05) is 18.6 Å². The number of piperidine rings is 1. The van der Waals surface area contributed by atoms with Crippen LogP contribution in [-0.4, -0.2) is 51.4 Å². The summed E-state index contributed by atoms with van der Waals surface area (Å²) in [7, 11) is 0. The maximum absolute atomic E-state index is 12.1. The Balaban J connectivity index is 1.61. The lowest BCUT2D eigenvalue weighted by Crippen LogP contribution is -2.58. The van der Waals surface area contributed by atoms with Gasteiger partial charge in [0.25, 0.3) is 0 Å². The molecule has 2 unspecified atom stereocenters. The maximum Gasteiger partial charge on any atom is 0.319 e. The highest BCUT2D eigenvalue weighted by molar-refractivity contribution is 5.42. The largest absolute Gasteiger partial charge is 0.507 e. The zero-order valence-corrected chi connectivity index (χ0v) is 19.6. The van der Waals surface area contributed by atoms with Crippen LogP contribution in [0.2, 0.25) is 0 Å². The molecule has 0 amide bonds. The SMILES string of the molecule is CCOc1ncc(C2(O)C3CCCC2CN(Cc2cc(C)c(O)c(C)c2)C3)c(OCC)n1. The molecule has 2 aliphatic rings. The van der Waals surface area contributed by atoms with E-state index in [1.165, 1.54) is 5.56 Å². The molecule has 1 saturated heterocycles. The Hall–Kier alpha value is -2.38. The Bertz CT molecular complexity index is 927. The second kappa shape index (κ2) is 9.24. The summed E-state index contributed by atoms with van der Waals surface area (Å²) < 4.78 is 11.3. The van der Waals surface area contributed by atoms with Crippen LogP contribution in [0.4, 0.5) is 0 Å². The van der Waals surface area contributed by atoms with Gasteiger partial charge < -0.3 is 19.7 Å². The van der Waals surface area contributed by atoms with Crippen molar-refractivity contribution in [2.75, 3.05) is 26.3 Å². The summed E-state index contributed by atoms with van der Waals surface area (Å²) in [5.41, 5.74) is 2.68. The Labute approximate surface area is 190 Å². The van der Waals surface area contributed by atoms with Crippen LogP contribution in [0.1, 0.15) is 55.4 Å². The molecule has 1 aliphatic carbocycles. The van der Waals surface area contributed by atoms with Crippen LogP contribution in [0.15, 0.2) is 18.3 Å². The van der Waals surface area contributed by atoms with Crippen LogP contribution in [0.5, 0.6) is 17.6 Å². The number of hydrogen-bond acceptors (Lipinski definition) is 7. The second-order valence-corrected chi connectivity index (χ2v) is 9.16. The van der Waals surface area contributed by atoms with E-state index in [0.29, 0.717) is 30.4 Å². The van der Waals surface area contributed by atoms with Crippen LogP contribution >= 0.6 is 0 Å². The third-order valence-corrected chi connectivity index (χ3v) is 6.98. The summed E-state index contributed by atoms with van der Waals surface area (Å²) in [5.74, 6) is 0.964. The maximum atomic E-state index is 12.1. The van der Waals surface area contributed by atoms with Crippen molar-refractivity contribution in [2.45, 2.75) is 59.1 Å². The summed E-state index contributed by atoms with van der Waals surface area (Å²) in [5, 5.41) is 22.2. The molecule has 0 radical (unpaired) electrons. The molecule has 2 N–H and O–H groups in total. The monoisotopic (exact) mass is 441 g/mol. The van der Waals surface area contributed by atoms with Crippen LogP contribution in [0, 0.1) is 25.7 Å². The Morgan fingerprint density at radius 3 is 2.28 bits per heavy atom. The third-order valence-electron chi connectivity index (χ3n) is 6.98. The predicted molar refractivity (Wildman–Crippen MR) is 122 cm³/mol. The molecule has 1 aliphatic heterocycles. The lowest BCUT2D eigenvalue weighted by atomic mass is 9.63. The van der Waals surface area contributed by atoms with E-state index in [1.54, 1.807) is 6.20 Å². The lowest BCUT2D eigenvalue weighted by molar-refractivity contribution is -0.150. The number of fused-ring (bicyclic) bond motifs is 2. The van der Waals surface area contributed by atoms with E-state index in [1.807, 2.05) is 27.7 Å². The van der Waals surface area contributed by atoms with E-state index in [9.17, 15) is 10.2 Å². The standard InChI is InChI=1S/C25H35N3O4/c1-5-31-23-21(12-26-24(27-23)32-6-2)25(30)19-8-7-9-20(25)15-28(14-19)13-18-10-16(3)22(29)17(4)11-18/h10-12,19-20,29-30H,5-9,13-15H2,1-4H3. The third kappa shape index (κ3) is 4.16. The highest BCUT2D eigenvalue weighted by atomic mass is 16.5. The average molecular weight is 442 g/mol. The van der Waals surface area contributed by atoms with Crippen molar-refractivity contribution in [2.24, 2.45) is 11.8 Å². The van der Waals surface area contributed by atoms with Crippen molar-refractivity contribution >= 4 is 0 Å². The first-order valence-electron chi connectivity index (χ1n) is 11.7. The van der Waals surface area contributed by atoms with Gasteiger partial charge in [0.15, 0.2) is 0 Å². The molecule has 2 aromatic rings. The topological polar surface area (TPSA) is 87.9 Å². The Morgan fingerprint density at radius 1 is 1.06 bits per heavy atom. The molecular weight excluding hydrogens is 406 g/mol. The average Bonchev–Trinajstić information content (AvgIpc) is 2.73. The van der Waals surface area contributed by atoms with Crippen molar-refractivity contribution < 1.29 is 19.7 Å². The van der Waals surface area contributed by atoms with E-state index in [-0.39, 0.29) is 17.8 Å². The number of hydrogen-bond donors (Lipinski definition) is 2. The number of phenolic OH excluding ortho intramolecular Hbond substituents is 1. The van der Waals surface area contributed by atoms with Crippen molar-refractivity contribution in [3.05, 3.63) is 40.6 Å². The molecule has 0 spiro atoms. The van der Waals surface area contributed by atoms with Gasteiger partial charge in [-0.05, 0) is 57.2 Å². The van der Waals surface area contributed by atoms with E-state index < -0.39 is 5.60 Å². The molecule has 2 bridgehead atoms. The van der Waals surface area contributed by atoms with Crippen LogP contribution < -0.4 is 9.47 Å². The minimum Gasteiger partial charge on any atom is -0.507 e. The number of aromatic hydroxyl groups is 1. The van der Waals surface area contributed by atoms with Gasteiger partial charge in [-0.25, -0.2) is 4.98 Å². The first-order valence-corrected chi connectivity index (χ1v) is 11.7. The fourth-order valence-electron chi connectivity index (χ4n) is 5.58. The van der Waals surface area contributed by atoms with Gasteiger partial charge in [-0.2, -0.15) is 4.98 Å². The van der Waals surface area contributed by atoms with Crippen molar-refractivity contribution in [1.29, 1.82) is 0 Å². The van der Waals surface area contributed by atoms with Gasteiger partial charge in [0.2, 0.25) is 5.88 Å². The van der Waals surface area contributed by atoms with Crippen LogP contribution in [0.3, 0.4) is 0 Å². The second-order valence-electron chi connectivity index (χ2n) is 9.16. The molecule has 174 valence electrons. The molecule has 4 rings (SSSR count). The van der Waals surface area contributed by atoms with Gasteiger partial charge in [-0.3, -0.25) is 4.90 Å². The molecule has 2 heterocycles. The van der Waals surface area contributed by atoms with Crippen LogP contribution in [-0.2, 0) is 12.1 Å². The summed E-state index contributed by atoms with van der Waals surface area (Å²) >= 11 is 0. The quantitative estimate of drug-likeness (QED) is 0.677. The summed E-state index contributed by atoms with van der Waals surface area (Å²) in [6.45, 7) is 11.0. The number of aromatic nitrogens is 2. The highest BCUT2D eigenvalue weighted by Crippen LogP contribution is 2.51. The zero-order chi connectivity index (χ0) is 22.9. The van der Waals surface area contributed by atoms with Gasteiger partial charge in [0.1, 0.15) is 11.4 Å². The predicted octanol–water partition coefficient (Wildman–Crippen LogP) is 3.72. The van der Waals surface area contributed by atoms with E-state index in [0.717, 1.165) is 50.0 Å². The number of benzene rings is 1. The number of rotatable bonds is 7. The van der Waals surface area contributed by atoms with Gasteiger partial charge >= 0.3 is 6.01 Å². The number of nitrogens with zero attached hydrogens (tertiary/aromatic N) is 3. The lowest BCUT2D eigenvalue weighted by Gasteiger charge is -2.53. The number of aryl methyl sites for hydroxylation is 2. The molecule has 7 nitrogen and oxygen atoms in total. The minimum absolute atomic E-state index is 0.0788. The van der Waals surface area contributed by atoms with E-state index >= 15 is 0 Å². The number of ether oxygens (including phenoxy) is 2. The fraction of sp³-hybridized carbons (Fsp3) is 0.600. The molecule has 2 atom stereocenters. The Kier molecular flexibility index (Phi) is 6.58. The molecule has 1 aromatic carbocycles. The summed E-state index contributed by atoms with van der Waals surface area (Å²) in [6, 6.07) is 4.41. The molecule has 1 saturated carbocycles. The fourth-order valence-corrected chi connectivity index (χ4v) is 5.58.